The van der Waals surface area contributed by atoms with Gasteiger partial charge in [-0.1, -0.05) is 12.8 Å². The van der Waals surface area contributed by atoms with E-state index in [2.05, 4.69) is 4.98 Å². The number of aliphatic carboxylic acids is 1. The maximum absolute atomic E-state index is 11.1. The van der Waals surface area contributed by atoms with Gasteiger partial charge in [0.25, 0.3) is 0 Å². The number of nitrogens with zero attached hydrogens (tertiary/aromatic N) is 1. The van der Waals surface area contributed by atoms with Crippen molar-refractivity contribution >= 4 is 5.97 Å². The van der Waals surface area contributed by atoms with Crippen molar-refractivity contribution in [3.63, 3.8) is 0 Å². The molecule has 0 atom stereocenters. The lowest BCUT2D eigenvalue weighted by atomic mass is 9.90. The van der Waals surface area contributed by atoms with Gasteiger partial charge in [-0.15, -0.1) is 0 Å². The number of rotatable bonds is 3. The van der Waals surface area contributed by atoms with Gasteiger partial charge in [-0.05, 0) is 26.7 Å². The molecule has 2 rings (SSSR count). The molecule has 88 valence electrons. The highest BCUT2D eigenvalue weighted by molar-refractivity contribution is 5.79. The molecular weight excluding hydrogens is 206 g/mol. The molecule has 16 heavy (non-hydrogen) atoms. The Morgan fingerprint density at radius 1 is 1.50 bits per heavy atom. The molecule has 1 heterocycles. The van der Waals surface area contributed by atoms with Crippen molar-refractivity contribution in [2.75, 3.05) is 0 Å². The number of hydrogen-bond donors (Lipinski definition) is 1. The van der Waals surface area contributed by atoms with Crippen molar-refractivity contribution in [3.05, 3.63) is 17.8 Å². The van der Waals surface area contributed by atoms with Gasteiger partial charge in [0.2, 0.25) is 0 Å². The highest BCUT2D eigenvalue weighted by Crippen LogP contribution is 2.34. The summed E-state index contributed by atoms with van der Waals surface area (Å²) in [4.78, 5) is 15.4. The van der Waals surface area contributed by atoms with Gasteiger partial charge in [0.05, 0.1) is 5.69 Å². The minimum Gasteiger partial charge on any atom is -0.481 e. The van der Waals surface area contributed by atoms with E-state index >= 15 is 0 Å². The van der Waals surface area contributed by atoms with Crippen LogP contribution in [0, 0.1) is 0 Å². The van der Waals surface area contributed by atoms with Crippen LogP contribution in [0.4, 0.5) is 0 Å². The zero-order valence-corrected chi connectivity index (χ0v) is 9.69. The second-order valence-corrected chi connectivity index (χ2v) is 4.98. The summed E-state index contributed by atoms with van der Waals surface area (Å²) in [6.45, 7) is 3.29. The Balaban J connectivity index is 2.21. The lowest BCUT2D eigenvalue weighted by molar-refractivity contribution is -0.142. The average Bonchev–Trinajstić information content (AvgIpc) is 2.88. The largest absolute Gasteiger partial charge is 0.481 e. The fourth-order valence-electron chi connectivity index (χ4n) is 2.04. The molecule has 1 N–H and O–H groups in total. The van der Waals surface area contributed by atoms with Crippen LogP contribution in [0.1, 0.15) is 57.0 Å². The predicted octanol–water partition coefficient (Wildman–Crippen LogP) is 2.69. The molecule has 0 radical (unpaired) electrons. The smallest absolute Gasteiger partial charge is 0.315 e. The van der Waals surface area contributed by atoms with Crippen molar-refractivity contribution in [3.8, 4) is 0 Å². The molecular formula is C12H17NO3. The minimum absolute atomic E-state index is 0.387. The van der Waals surface area contributed by atoms with E-state index in [1.54, 1.807) is 13.8 Å². The van der Waals surface area contributed by atoms with Crippen molar-refractivity contribution in [1.82, 2.24) is 4.98 Å². The van der Waals surface area contributed by atoms with E-state index in [0.29, 0.717) is 17.5 Å². The number of carboxylic acids is 1. The van der Waals surface area contributed by atoms with Gasteiger partial charge in [0.1, 0.15) is 11.7 Å². The molecule has 0 aromatic carbocycles. The minimum atomic E-state index is -0.972. The number of hydrogen-bond acceptors (Lipinski definition) is 3. The third-order valence-electron chi connectivity index (χ3n) is 3.40. The Morgan fingerprint density at radius 3 is 2.69 bits per heavy atom. The third kappa shape index (κ3) is 1.84. The molecule has 1 aromatic rings. The first-order valence-corrected chi connectivity index (χ1v) is 5.71. The summed E-state index contributed by atoms with van der Waals surface area (Å²) in [6.07, 6.45) is 6.12. The zero-order valence-electron chi connectivity index (χ0n) is 9.69. The molecule has 4 heteroatoms. The second kappa shape index (κ2) is 3.92. The maximum atomic E-state index is 11.1. The van der Waals surface area contributed by atoms with Crippen molar-refractivity contribution in [2.24, 2.45) is 0 Å². The van der Waals surface area contributed by atoms with Gasteiger partial charge in [-0.3, -0.25) is 4.79 Å². The Kier molecular flexibility index (Phi) is 2.74. The molecule has 4 nitrogen and oxygen atoms in total. The van der Waals surface area contributed by atoms with Gasteiger partial charge in [-0.25, -0.2) is 4.98 Å². The molecule has 0 saturated heterocycles. The van der Waals surface area contributed by atoms with E-state index in [-0.39, 0.29) is 0 Å². The van der Waals surface area contributed by atoms with Gasteiger partial charge in [-0.2, -0.15) is 0 Å². The number of carbonyl (C=O) groups is 1. The van der Waals surface area contributed by atoms with Crippen molar-refractivity contribution in [1.29, 1.82) is 0 Å². The van der Waals surface area contributed by atoms with Crippen molar-refractivity contribution < 1.29 is 14.3 Å². The molecule has 0 amide bonds. The van der Waals surface area contributed by atoms with E-state index in [0.717, 1.165) is 12.8 Å². The Bertz CT molecular complexity index is 389. The Labute approximate surface area is 94.7 Å². The Morgan fingerprint density at radius 2 is 2.12 bits per heavy atom. The van der Waals surface area contributed by atoms with Crippen LogP contribution < -0.4 is 0 Å². The van der Waals surface area contributed by atoms with Crippen LogP contribution >= 0.6 is 0 Å². The van der Waals surface area contributed by atoms with Crippen molar-refractivity contribution in [2.45, 2.75) is 50.9 Å². The first-order valence-electron chi connectivity index (χ1n) is 5.71. The normalized spacial score (nSPS) is 17.9. The van der Waals surface area contributed by atoms with Gasteiger partial charge in [0.15, 0.2) is 5.89 Å². The highest BCUT2D eigenvalue weighted by Gasteiger charge is 2.34. The number of oxazole rings is 1. The molecule has 1 aromatic heterocycles. The topological polar surface area (TPSA) is 63.3 Å². The third-order valence-corrected chi connectivity index (χ3v) is 3.40. The summed E-state index contributed by atoms with van der Waals surface area (Å²) in [5, 5.41) is 9.09. The average molecular weight is 223 g/mol. The Hall–Kier alpha value is -1.32. The highest BCUT2D eigenvalue weighted by atomic mass is 16.4. The van der Waals surface area contributed by atoms with Gasteiger partial charge >= 0.3 is 5.97 Å². The summed E-state index contributed by atoms with van der Waals surface area (Å²) in [6, 6.07) is 0. The lowest BCUT2D eigenvalue weighted by Gasteiger charge is -2.14. The van der Waals surface area contributed by atoms with E-state index < -0.39 is 11.4 Å². The summed E-state index contributed by atoms with van der Waals surface area (Å²) >= 11 is 0. The van der Waals surface area contributed by atoms with E-state index in [1.165, 1.54) is 19.1 Å². The molecule has 1 fully saturated rings. The quantitative estimate of drug-likeness (QED) is 0.855. The van der Waals surface area contributed by atoms with Crippen LogP contribution in [-0.2, 0) is 10.2 Å². The van der Waals surface area contributed by atoms with Crippen LogP contribution in [0.3, 0.4) is 0 Å². The van der Waals surface area contributed by atoms with Crippen LogP contribution in [-0.4, -0.2) is 16.1 Å². The first kappa shape index (κ1) is 11.2. The summed E-state index contributed by atoms with van der Waals surface area (Å²) in [5.41, 5.74) is -0.456. The lowest BCUT2D eigenvalue weighted by Crippen LogP contribution is -2.28. The van der Waals surface area contributed by atoms with Crippen LogP contribution in [0.15, 0.2) is 10.7 Å². The van der Waals surface area contributed by atoms with Crippen LogP contribution in [0.2, 0.25) is 0 Å². The molecule has 1 aliphatic rings. The van der Waals surface area contributed by atoms with Gasteiger partial charge in [0, 0.05) is 5.92 Å². The van der Waals surface area contributed by atoms with E-state index in [9.17, 15) is 4.79 Å². The molecule has 1 aliphatic carbocycles. The predicted molar refractivity (Wildman–Crippen MR) is 58.4 cm³/mol. The number of carboxylic acid groups (broad SMARTS) is 1. The molecule has 0 bridgehead atoms. The number of aromatic nitrogens is 1. The fraction of sp³-hybridized carbons (Fsp3) is 0.667. The van der Waals surface area contributed by atoms with E-state index in [1.807, 2.05) is 0 Å². The van der Waals surface area contributed by atoms with Gasteiger partial charge < -0.3 is 9.52 Å². The standard InChI is InChI=1S/C12H17NO3/c1-12(2,11(14)15)9-7-16-10(13-9)8-5-3-4-6-8/h7-8H,3-6H2,1-2H3,(H,14,15). The fourth-order valence-corrected chi connectivity index (χ4v) is 2.04. The summed E-state index contributed by atoms with van der Waals surface area (Å²) in [5.74, 6) is 0.221. The molecule has 0 unspecified atom stereocenters. The summed E-state index contributed by atoms with van der Waals surface area (Å²) in [7, 11) is 0. The van der Waals surface area contributed by atoms with Crippen LogP contribution in [0.5, 0.6) is 0 Å². The monoisotopic (exact) mass is 223 g/mol. The zero-order chi connectivity index (χ0) is 11.8. The molecule has 0 aliphatic heterocycles. The second-order valence-electron chi connectivity index (χ2n) is 4.98. The molecule has 0 spiro atoms. The summed E-state index contributed by atoms with van der Waals surface area (Å²) < 4.78 is 5.41. The van der Waals surface area contributed by atoms with Crippen LogP contribution in [0.25, 0.3) is 0 Å². The maximum Gasteiger partial charge on any atom is 0.315 e. The van der Waals surface area contributed by atoms with E-state index in [4.69, 9.17) is 9.52 Å². The first-order chi connectivity index (χ1) is 7.51. The molecule has 1 saturated carbocycles. The SMILES string of the molecule is CC(C)(C(=O)O)c1coc(C2CCCC2)n1.